The fraction of sp³-hybridized carbons (Fsp3) is 0.632. The summed E-state index contributed by atoms with van der Waals surface area (Å²) in [5, 5.41) is 9.67. The summed E-state index contributed by atoms with van der Waals surface area (Å²) >= 11 is 5.29. The first-order chi connectivity index (χ1) is 10.7. The van der Waals surface area contributed by atoms with Crippen molar-refractivity contribution < 1.29 is 9.90 Å². The molecule has 0 unspecified atom stereocenters. The second kappa shape index (κ2) is 12.5. The highest BCUT2D eigenvalue weighted by atomic mass is 35.5. The highest BCUT2D eigenvalue weighted by Crippen LogP contribution is 2.18. The average Bonchev–Trinajstić information content (AvgIpc) is 3.02. The van der Waals surface area contributed by atoms with Crippen LogP contribution in [0.2, 0.25) is 0 Å². The Morgan fingerprint density at radius 2 is 1.18 bits per heavy atom. The van der Waals surface area contributed by atoms with Crippen molar-refractivity contribution in [1.82, 2.24) is 0 Å². The van der Waals surface area contributed by atoms with Gasteiger partial charge in [0.2, 0.25) is 5.24 Å². The Hall–Kier alpha value is -1.02. The molecule has 124 valence electrons. The Labute approximate surface area is 139 Å². The highest BCUT2D eigenvalue weighted by Gasteiger charge is 2.02. The molecule has 0 spiro atoms. The molecule has 0 amide bonds. The van der Waals surface area contributed by atoms with Crippen LogP contribution in [0.15, 0.2) is 35.6 Å². The predicted octanol–water partition coefficient (Wildman–Crippen LogP) is 6.37. The summed E-state index contributed by atoms with van der Waals surface area (Å²) in [6.07, 6.45) is 21.1. The Morgan fingerprint density at radius 1 is 0.773 bits per heavy atom. The van der Waals surface area contributed by atoms with Crippen LogP contribution >= 0.6 is 11.6 Å². The molecule has 0 heterocycles. The van der Waals surface area contributed by atoms with Crippen LogP contribution in [0.1, 0.15) is 77.0 Å². The van der Waals surface area contributed by atoms with Gasteiger partial charge in [0.15, 0.2) is 0 Å². The molecule has 1 aliphatic rings. The molecule has 0 aromatic rings. The number of carbonyl (C=O) groups excluding carboxylic acids is 1. The molecule has 1 aliphatic carbocycles. The number of unbranched alkanes of at least 4 members (excludes halogenated alkanes) is 9. The number of carbonyl (C=O) groups is 1. The number of allylic oxidation sites excluding steroid dienone is 6. The molecular formula is C19H29ClO2. The largest absolute Gasteiger partial charge is 0.512 e. The van der Waals surface area contributed by atoms with Crippen LogP contribution in [0.4, 0.5) is 0 Å². The fourth-order valence-electron chi connectivity index (χ4n) is 2.68. The second-order valence-corrected chi connectivity index (χ2v) is 6.43. The lowest BCUT2D eigenvalue weighted by molar-refractivity contribution is -0.111. The lowest BCUT2D eigenvalue weighted by Gasteiger charge is -2.04. The van der Waals surface area contributed by atoms with E-state index in [-0.39, 0.29) is 5.24 Å². The zero-order valence-electron chi connectivity index (χ0n) is 13.5. The van der Waals surface area contributed by atoms with Crippen LogP contribution < -0.4 is 0 Å². The summed E-state index contributed by atoms with van der Waals surface area (Å²) in [6, 6.07) is 0. The quantitative estimate of drug-likeness (QED) is 0.243. The molecule has 1 N–H and O–H groups in total. The third-order valence-corrected chi connectivity index (χ3v) is 4.22. The minimum atomic E-state index is -0.207. The minimum absolute atomic E-state index is 0.207. The van der Waals surface area contributed by atoms with E-state index < -0.39 is 0 Å². The van der Waals surface area contributed by atoms with Crippen LogP contribution in [-0.4, -0.2) is 10.3 Å². The number of rotatable bonds is 13. The summed E-state index contributed by atoms with van der Waals surface area (Å²) in [5.41, 5.74) is 0.968. The molecule has 0 aromatic carbocycles. The summed E-state index contributed by atoms with van der Waals surface area (Å²) in [5.74, 6) is 0.528. The Morgan fingerprint density at radius 3 is 1.64 bits per heavy atom. The number of hydrogen-bond acceptors (Lipinski definition) is 2. The molecule has 0 saturated heterocycles. The molecule has 0 bridgehead atoms. The zero-order chi connectivity index (χ0) is 16.0. The van der Waals surface area contributed by atoms with Gasteiger partial charge in [0.1, 0.15) is 0 Å². The van der Waals surface area contributed by atoms with Gasteiger partial charge in [-0.2, -0.15) is 0 Å². The van der Waals surface area contributed by atoms with E-state index in [1.807, 2.05) is 24.3 Å². The maximum Gasteiger partial charge on any atom is 0.221 e. The van der Waals surface area contributed by atoms with Crippen molar-refractivity contribution in [2.24, 2.45) is 0 Å². The Balaban J connectivity index is 1.82. The van der Waals surface area contributed by atoms with Gasteiger partial charge in [-0.05, 0) is 24.4 Å². The van der Waals surface area contributed by atoms with Gasteiger partial charge < -0.3 is 5.11 Å². The van der Waals surface area contributed by atoms with E-state index in [0.717, 1.165) is 31.3 Å². The van der Waals surface area contributed by atoms with Crippen LogP contribution in [0.25, 0.3) is 0 Å². The molecule has 0 radical (unpaired) electrons. The first-order valence-electron chi connectivity index (χ1n) is 8.65. The van der Waals surface area contributed by atoms with E-state index in [2.05, 4.69) is 0 Å². The van der Waals surface area contributed by atoms with Crippen molar-refractivity contribution in [3.63, 3.8) is 0 Å². The van der Waals surface area contributed by atoms with Crippen molar-refractivity contribution in [1.29, 1.82) is 0 Å². The summed E-state index contributed by atoms with van der Waals surface area (Å²) in [6.45, 7) is 0. The van der Waals surface area contributed by atoms with Crippen molar-refractivity contribution >= 4 is 16.8 Å². The van der Waals surface area contributed by atoms with Gasteiger partial charge in [-0.15, -0.1) is 0 Å². The van der Waals surface area contributed by atoms with E-state index in [9.17, 15) is 9.90 Å². The molecule has 3 heteroatoms. The summed E-state index contributed by atoms with van der Waals surface area (Å²) < 4.78 is 0. The molecule has 0 aromatic heterocycles. The van der Waals surface area contributed by atoms with Gasteiger partial charge in [-0.25, -0.2) is 0 Å². The van der Waals surface area contributed by atoms with Gasteiger partial charge in [-0.1, -0.05) is 75.7 Å². The van der Waals surface area contributed by atoms with Gasteiger partial charge in [0.25, 0.3) is 0 Å². The van der Waals surface area contributed by atoms with Gasteiger partial charge in [-0.3, -0.25) is 4.79 Å². The zero-order valence-corrected chi connectivity index (χ0v) is 14.3. The number of halogens is 1. The lowest BCUT2D eigenvalue weighted by atomic mass is 10.0. The average molecular weight is 325 g/mol. The topological polar surface area (TPSA) is 37.3 Å². The molecule has 1 rings (SSSR count). The molecule has 22 heavy (non-hydrogen) atoms. The minimum Gasteiger partial charge on any atom is -0.512 e. The SMILES string of the molecule is O=C(Cl)CCCCCCCCCCCCC(O)=C1C=CC=C1. The summed E-state index contributed by atoms with van der Waals surface area (Å²) in [4.78, 5) is 10.6. The van der Waals surface area contributed by atoms with Crippen molar-refractivity contribution in [3.8, 4) is 0 Å². The van der Waals surface area contributed by atoms with E-state index in [1.54, 1.807) is 0 Å². The standard InChI is InChI=1S/C19H29ClO2/c20-19(22)16-10-8-6-4-2-1-3-5-7-9-15-18(21)17-13-11-12-14-17/h11-14,21H,1-10,15-16H2. The Kier molecular flexibility index (Phi) is 10.8. The smallest absolute Gasteiger partial charge is 0.221 e. The van der Waals surface area contributed by atoms with Crippen molar-refractivity contribution in [2.75, 3.05) is 0 Å². The molecule has 0 saturated carbocycles. The van der Waals surface area contributed by atoms with Crippen molar-refractivity contribution in [2.45, 2.75) is 77.0 Å². The second-order valence-electron chi connectivity index (χ2n) is 6.01. The van der Waals surface area contributed by atoms with E-state index in [1.165, 1.54) is 44.9 Å². The highest BCUT2D eigenvalue weighted by molar-refractivity contribution is 6.63. The van der Waals surface area contributed by atoms with Crippen LogP contribution in [0.3, 0.4) is 0 Å². The number of aliphatic hydroxyl groups is 1. The van der Waals surface area contributed by atoms with E-state index >= 15 is 0 Å². The maximum atomic E-state index is 10.6. The third kappa shape index (κ3) is 9.83. The first-order valence-corrected chi connectivity index (χ1v) is 9.03. The normalized spacial score (nSPS) is 13.0. The van der Waals surface area contributed by atoms with Crippen LogP contribution in [0.5, 0.6) is 0 Å². The van der Waals surface area contributed by atoms with Crippen LogP contribution in [0, 0.1) is 0 Å². The fourth-order valence-corrected chi connectivity index (χ4v) is 2.82. The molecule has 0 aliphatic heterocycles. The summed E-state index contributed by atoms with van der Waals surface area (Å²) in [7, 11) is 0. The van der Waals surface area contributed by atoms with E-state index in [0.29, 0.717) is 12.2 Å². The van der Waals surface area contributed by atoms with Crippen molar-refractivity contribution in [3.05, 3.63) is 35.6 Å². The number of hydrogen-bond donors (Lipinski definition) is 1. The molecule has 2 nitrogen and oxygen atoms in total. The van der Waals surface area contributed by atoms with Crippen LogP contribution in [-0.2, 0) is 4.79 Å². The first kappa shape index (κ1) is 19.0. The molecular weight excluding hydrogens is 296 g/mol. The van der Waals surface area contributed by atoms with E-state index in [4.69, 9.17) is 11.6 Å². The maximum absolute atomic E-state index is 10.6. The monoisotopic (exact) mass is 324 g/mol. The lowest BCUT2D eigenvalue weighted by Crippen LogP contribution is -1.88. The molecule has 0 fully saturated rings. The van der Waals surface area contributed by atoms with Gasteiger partial charge in [0, 0.05) is 18.4 Å². The number of aliphatic hydroxyl groups excluding tert-OH is 1. The van der Waals surface area contributed by atoms with Gasteiger partial charge >= 0.3 is 0 Å². The third-order valence-electron chi connectivity index (χ3n) is 4.03. The Bertz CT molecular complexity index is 394. The molecule has 0 atom stereocenters. The predicted molar refractivity (Wildman–Crippen MR) is 94.2 cm³/mol. The van der Waals surface area contributed by atoms with Gasteiger partial charge in [0.05, 0.1) is 5.76 Å².